The Morgan fingerprint density at radius 2 is 2.29 bits per heavy atom. The van der Waals surface area contributed by atoms with Crippen molar-refractivity contribution in [2.45, 2.75) is 46.1 Å². The normalized spacial score (nSPS) is 19.8. The molecule has 0 radical (unpaired) electrons. The van der Waals surface area contributed by atoms with Crippen LogP contribution in [0.2, 0.25) is 0 Å². The maximum absolute atomic E-state index is 11.9. The Morgan fingerprint density at radius 1 is 1.65 bits per heavy atom. The SMILES string of the molecule is CCC(C)(C)OC(=O)N(C)C1=CCC(C)C=N1. The van der Waals surface area contributed by atoms with E-state index in [1.807, 2.05) is 33.1 Å². The lowest BCUT2D eigenvalue weighted by atomic mass is 10.1. The maximum Gasteiger partial charge on any atom is 0.415 e. The smallest absolute Gasteiger partial charge is 0.415 e. The molecule has 0 aromatic carbocycles. The van der Waals surface area contributed by atoms with Gasteiger partial charge in [-0.2, -0.15) is 0 Å². The number of hydrogen-bond acceptors (Lipinski definition) is 3. The van der Waals surface area contributed by atoms with Gasteiger partial charge in [0.25, 0.3) is 0 Å². The highest BCUT2D eigenvalue weighted by molar-refractivity contribution is 5.72. The summed E-state index contributed by atoms with van der Waals surface area (Å²) in [6.07, 6.45) is 5.17. The number of ether oxygens (including phenoxy) is 1. The van der Waals surface area contributed by atoms with E-state index < -0.39 is 5.60 Å². The summed E-state index contributed by atoms with van der Waals surface area (Å²) >= 11 is 0. The van der Waals surface area contributed by atoms with Gasteiger partial charge in [-0.1, -0.05) is 13.8 Å². The number of aliphatic imine (C=N–C) groups is 1. The first-order valence-electron chi connectivity index (χ1n) is 6.07. The maximum atomic E-state index is 11.9. The second-order valence-corrected chi connectivity index (χ2v) is 5.09. The van der Waals surface area contributed by atoms with E-state index in [2.05, 4.69) is 11.9 Å². The van der Waals surface area contributed by atoms with Crippen LogP contribution in [0.3, 0.4) is 0 Å². The minimum absolute atomic E-state index is 0.352. The molecule has 1 amide bonds. The van der Waals surface area contributed by atoms with E-state index in [1.165, 1.54) is 4.90 Å². The van der Waals surface area contributed by atoms with E-state index in [0.717, 1.165) is 12.8 Å². The lowest BCUT2D eigenvalue weighted by Crippen LogP contribution is -2.35. The summed E-state index contributed by atoms with van der Waals surface area (Å²) in [6.45, 7) is 7.89. The molecule has 0 spiro atoms. The number of allylic oxidation sites excluding steroid dienone is 1. The summed E-state index contributed by atoms with van der Waals surface area (Å²) in [5, 5.41) is 0. The van der Waals surface area contributed by atoms with Crippen LogP contribution in [0.4, 0.5) is 4.79 Å². The predicted molar refractivity (Wildman–Crippen MR) is 69.0 cm³/mol. The van der Waals surface area contributed by atoms with Crippen molar-refractivity contribution in [2.24, 2.45) is 10.9 Å². The zero-order valence-corrected chi connectivity index (χ0v) is 11.4. The zero-order valence-electron chi connectivity index (χ0n) is 11.4. The first kappa shape index (κ1) is 13.7. The predicted octanol–water partition coefficient (Wildman–Crippen LogP) is 3.20. The fourth-order valence-corrected chi connectivity index (χ4v) is 1.30. The van der Waals surface area contributed by atoms with Crippen molar-refractivity contribution in [1.29, 1.82) is 0 Å². The molecule has 0 N–H and O–H groups in total. The molecule has 1 heterocycles. The monoisotopic (exact) mass is 238 g/mol. The third-order valence-electron chi connectivity index (χ3n) is 2.97. The number of amides is 1. The Labute approximate surface area is 103 Å². The lowest BCUT2D eigenvalue weighted by Gasteiger charge is -2.27. The zero-order chi connectivity index (χ0) is 13.1. The lowest BCUT2D eigenvalue weighted by molar-refractivity contribution is 0.0203. The average molecular weight is 238 g/mol. The van der Waals surface area contributed by atoms with Gasteiger partial charge in [-0.3, -0.25) is 4.90 Å². The molecule has 4 nitrogen and oxygen atoms in total. The molecule has 96 valence electrons. The Kier molecular flexibility index (Phi) is 4.32. The summed E-state index contributed by atoms with van der Waals surface area (Å²) in [5.74, 6) is 1.11. The third-order valence-corrected chi connectivity index (χ3v) is 2.97. The van der Waals surface area contributed by atoms with E-state index >= 15 is 0 Å². The molecule has 17 heavy (non-hydrogen) atoms. The van der Waals surface area contributed by atoms with Crippen LogP contribution in [0.1, 0.15) is 40.5 Å². The number of rotatable bonds is 3. The van der Waals surface area contributed by atoms with Gasteiger partial charge in [0.2, 0.25) is 0 Å². The van der Waals surface area contributed by atoms with Gasteiger partial charge in [-0.25, -0.2) is 9.79 Å². The summed E-state index contributed by atoms with van der Waals surface area (Å²) in [5.41, 5.74) is -0.433. The highest BCUT2D eigenvalue weighted by Crippen LogP contribution is 2.19. The van der Waals surface area contributed by atoms with Gasteiger partial charge in [-0.05, 0) is 38.7 Å². The first-order chi connectivity index (χ1) is 7.85. The van der Waals surface area contributed by atoms with Gasteiger partial charge in [0, 0.05) is 13.3 Å². The van der Waals surface area contributed by atoms with E-state index in [4.69, 9.17) is 4.74 Å². The molecular formula is C13H22N2O2. The topological polar surface area (TPSA) is 41.9 Å². The molecule has 1 aliphatic rings. The molecule has 0 fully saturated rings. The highest BCUT2D eigenvalue weighted by Gasteiger charge is 2.24. The van der Waals surface area contributed by atoms with Crippen LogP contribution in [0, 0.1) is 5.92 Å². The van der Waals surface area contributed by atoms with Crippen molar-refractivity contribution in [3.05, 3.63) is 11.9 Å². The Hall–Kier alpha value is -1.32. The van der Waals surface area contributed by atoms with Crippen LogP contribution in [-0.4, -0.2) is 29.9 Å². The molecule has 0 saturated carbocycles. The van der Waals surface area contributed by atoms with Gasteiger partial charge in [-0.15, -0.1) is 0 Å². The van der Waals surface area contributed by atoms with Gasteiger partial charge in [0.15, 0.2) is 0 Å². The van der Waals surface area contributed by atoms with Crippen molar-refractivity contribution in [2.75, 3.05) is 7.05 Å². The molecule has 1 unspecified atom stereocenters. The van der Waals surface area contributed by atoms with Crippen LogP contribution in [-0.2, 0) is 4.74 Å². The summed E-state index contributed by atoms with van der Waals surface area (Å²) < 4.78 is 5.40. The molecule has 0 aromatic rings. The summed E-state index contributed by atoms with van der Waals surface area (Å²) in [4.78, 5) is 17.6. The van der Waals surface area contributed by atoms with Crippen LogP contribution in [0.5, 0.6) is 0 Å². The number of nitrogens with zero attached hydrogens (tertiary/aromatic N) is 2. The van der Waals surface area contributed by atoms with E-state index in [9.17, 15) is 4.79 Å². The number of carbonyl (C=O) groups excluding carboxylic acids is 1. The molecule has 0 bridgehead atoms. The van der Waals surface area contributed by atoms with Crippen LogP contribution in [0.25, 0.3) is 0 Å². The van der Waals surface area contributed by atoms with Crippen molar-refractivity contribution in [3.8, 4) is 0 Å². The van der Waals surface area contributed by atoms with Crippen molar-refractivity contribution in [1.82, 2.24) is 4.90 Å². The van der Waals surface area contributed by atoms with Gasteiger partial charge in [0.05, 0.1) is 0 Å². The highest BCUT2D eigenvalue weighted by atomic mass is 16.6. The molecule has 0 aliphatic carbocycles. The van der Waals surface area contributed by atoms with Crippen molar-refractivity contribution >= 4 is 12.3 Å². The molecular weight excluding hydrogens is 216 g/mol. The quantitative estimate of drug-likeness (QED) is 0.757. The van der Waals surface area contributed by atoms with Crippen molar-refractivity contribution < 1.29 is 9.53 Å². The second-order valence-electron chi connectivity index (χ2n) is 5.09. The second kappa shape index (κ2) is 5.34. The Balaban J connectivity index is 2.62. The van der Waals surface area contributed by atoms with Crippen LogP contribution >= 0.6 is 0 Å². The first-order valence-corrected chi connectivity index (χ1v) is 6.07. The Morgan fingerprint density at radius 3 is 2.76 bits per heavy atom. The summed E-state index contributed by atoms with van der Waals surface area (Å²) in [6, 6.07) is 0. The van der Waals surface area contributed by atoms with Gasteiger partial charge >= 0.3 is 6.09 Å². The van der Waals surface area contributed by atoms with Gasteiger partial charge < -0.3 is 4.74 Å². The average Bonchev–Trinajstić information content (AvgIpc) is 2.28. The van der Waals surface area contributed by atoms with Gasteiger partial charge in [0.1, 0.15) is 11.4 Å². The van der Waals surface area contributed by atoms with E-state index in [-0.39, 0.29) is 6.09 Å². The molecule has 1 rings (SSSR count). The minimum atomic E-state index is -0.433. The fourth-order valence-electron chi connectivity index (χ4n) is 1.30. The van der Waals surface area contributed by atoms with Crippen LogP contribution < -0.4 is 0 Å². The molecule has 1 atom stereocenters. The Bertz CT molecular complexity index is 345. The molecule has 1 aliphatic heterocycles. The minimum Gasteiger partial charge on any atom is -0.443 e. The van der Waals surface area contributed by atoms with E-state index in [1.54, 1.807) is 7.05 Å². The van der Waals surface area contributed by atoms with E-state index in [0.29, 0.717) is 11.7 Å². The van der Waals surface area contributed by atoms with Crippen molar-refractivity contribution in [3.63, 3.8) is 0 Å². The molecule has 0 saturated heterocycles. The molecule has 0 aromatic heterocycles. The standard InChI is InChI=1S/C13H22N2O2/c1-6-13(3,4)17-12(16)15(5)11-8-7-10(2)9-14-11/h8-10H,6-7H2,1-5H3. The summed E-state index contributed by atoms with van der Waals surface area (Å²) in [7, 11) is 1.69. The largest absolute Gasteiger partial charge is 0.443 e. The third kappa shape index (κ3) is 3.88. The number of hydrogen-bond donors (Lipinski definition) is 0. The molecule has 4 heteroatoms. The van der Waals surface area contributed by atoms with Crippen LogP contribution in [0.15, 0.2) is 16.9 Å². The fraction of sp³-hybridized carbons (Fsp3) is 0.692. The number of carbonyl (C=O) groups is 1.